The van der Waals surface area contributed by atoms with Crippen LogP contribution in [0.3, 0.4) is 0 Å². The number of aliphatic imine (C=N–C) groups is 1. The third-order valence-corrected chi connectivity index (χ3v) is 3.72. The van der Waals surface area contributed by atoms with Crippen LogP contribution in [0.5, 0.6) is 5.75 Å². The number of carbonyl (C=O) groups excluding carboxylic acids is 1. The Labute approximate surface area is 162 Å². The van der Waals surface area contributed by atoms with Gasteiger partial charge in [0.2, 0.25) is 5.91 Å². The Hall–Kier alpha value is -2.32. The van der Waals surface area contributed by atoms with Crippen molar-refractivity contribution in [3.8, 4) is 5.75 Å². The Morgan fingerprint density at radius 3 is 2.67 bits per heavy atom. The second kappa shape index (κ2) is 13.8. The smallest absolute Gasteiger partial charge is 0.221 e. The van der Waals surface area contributed by atoms with E-state index in [0.29, 0.717) is 18.9 Å². The molecule has 3 N–H and O–H groups in total. The summed E-state index contributed by atoms with van der Waals surface area (Å²) in [5.41, 5.74) is 0.722. The number of likely N-dealkylation sites (N-methyl/N-ethyl adjacent to an activating group) is 1. The molecule has 1 aromatic carbocycles. The van der Waals surface area contributed by atoms with Gasteiger partial charge >= 0.3 is 0 Å². The highest BCUT2D eigenvalue weighted by atomic mass is 16.5. The van der Waals surface area contributed by atoms with Gasteiger partial charge in [0.15, 0.2) is 5.96 Å². The highest BCUT2D eigenvalue weighted by Crippen LogP contribution is 2.16. The number of hydrogen-bond donors (Lipinski definition) is 3. The van der Waals surface area contributed by atoms with E-state index >= 15 is 0 Å². The molecule has 0 aliphatic carbocycles. The lowest BCUT2D eigenvalue weighted by atomic mass is 10.3. The van der Waals surface area contributed by atoms with E-state index in [-0.39, 0.29) is 5.91 Å². The fourth-order valence-electron chi connectivity index (χ4n) is 2.38. The normalized spacial score (nSPS) is 11.4. The van der Waals surface area contributed by atoms with E-state index in [1.54, 1.807) is 20.2 Å². The summed E-state index contributed by atoms with van der Waals surface area (Å²) in [6, 6.07) is 7.33. The molecule has 0 aliphatic rings. The fraction of sp³-hybridized carbons (Fsp3) is 0.579. The van der Waals surface area contributed by atoms with Crippen LogP contribution in [0, 0.1) is 0 Å². The molecule has 0 aliphatic heterocycles. The number of rotatable bonds is 12. The molecule has 0 saturated carbocycles. The molecule has 0 spiro atoms. The van der Waals surface area contributed by atoms with Gasteiger partial charge in [0.05, 0.1) is 6.54 Å². The van der Waals surface area contributed by atoms with Crippen LogP contribution in [-0.4, -0.2) is 77.4 Å². The van der Waals surface area contributed by atoms with Crippen LogP contribution in [0.25, 0.3) is 0 Å². The maximum Gasteiger partial charge on any atom is 0.221 e. The van der Waals surface area contributed by atoms with Crippen molar-refractivity contribution in [2.75, 3.05) is 65.9 Å². The molecular formula is C19H33N5O3. The van der Waals surface area contributed by atoms with E-state index < -0.39 is 0 Å². The van der Waals surface area contributed by atoms with Crippen LogP contribution < -0.4 is 20.7 Å². The van der Waals surface area contributed by atoms with Crippen molar-refractivity contribution in [1.29, 1.82) is 0 Å². The third kappa shape index (κ3) is 11.1. The first-order valence-corrected chi connectivity index (χ1v) is 9.17. The number of carbonyl (C=O) groups is 1. The van der Waals surface area contributed by atoms with Crippen LogP contribution in [-0.2, 0) is 9.53 Å². The second-order valence-corrected chi connectivity index (χ2v) is 6.13. The fourth-order valence-corrected chi connectivity index (χ4v) is 2.38. The lowest BCUT2D eigenvalue weighted by Crippen LogP contribution is -2.42. The van der Waals surface area contributed by atoms with Crippen LogP contribution in [0.2, 0.25) is 0 Å². The molecule has 0 radical (unpaired) electrons. The SMILES string of the molecule is CN=C(NCCOc1cccc(NC(C)=O)c1)NCCN(C)CCCOC. The highest BCUT2D eigenvalue weighted by molar-refractivity contribution is 5.88. The van der Waals surface area contributed by atoms with E-state index in [0.717, 1.165) is 44.3 Å². The van der Waals surface area contributed by atoms with E-state index in [9.17, 15) is 4.79 Å². The monoisotopic (exact) mass is 379 g/mol. The zero-order valence-electron chi connectivity index (χ0n) is 16.9. The number of ether oxygens (including phenoxy) is 2. The van der Waals surface area contributed by atoms with Crippen LogP contribution in [0.4, 0.5) is 5.69 Å². The van der Waals surface area contributed by atoms with Crippen molar-refractivity contribution in [3.05, 3.63) is 24.3 Å². The topological polar surface area (TPSA) is 87.2 Å². The number of hydrogen-bond acceptors (Lipinski definition) is 5. The second-order valence-electron chi connectivity index (χ2n) is 6.13. The summed E-state index contributed by atoms with van der Waals surface area (Å²) in [6.45, 7) is 6.11. The number of guanidine groups is 1. The molecule has 1 rings (SSSR count). The molecule has 0 fully saturated rings. The van der Waals surface area contributed by atoms with Gasteiger partial charge in [-0.3, -0.25) is 9.79 Å². The molecule has 1 aromatic rings. The van der Waals surface area contributed by atoms with Gasteiger partial charge < -0.3 is 30.3 Å². The first kappa shape index (κ1) is 22.7. The van der Waals surface area contributed by atoms with Crippen LogP contribution in [0.1, 0.15) is 13.3 Å². The van der Waals surface area contributed by atoms with Crippen molar-refractivity contribution in [2.45, 2.75) is 13.3 Å². The highest BCUT2D eigenvalue weighted by Gasteiger charge is 2.02. The first-order valence-electron chi connectivity index (χ1n) is 9.17. The third-order valence-electron chi connectivity index (χ3n) is 3.72. The first-order chi connectivity index (χ1) is 13.0. The summed E-state index contributed by atoms with van der Waals surface area (Å²) in [6.07, 6.45) is 1.03. The Balaban J connectivity index is 2.21. The molecule has 0 aromatic heterocycles. The molecule has 8 heteroatoms. The zero-order chi connectivity index (χ0) is 19.9. The largest absolute Gasteiger partial charge is 0.492 e. The summed E-state index contributed by atoms with van der Waals surface area (Å²) in [4.78, 5) is 17.6. The molecule has 0 atom stereocenters. The van der Waals surface area contributed by atoms with Crippen LogP contribution in [0.15, 0.2) is 29.3 Å². The van der Waals surface area contributed by atoms with Crippen LogP contribution >= 0.6 is 0 Å². The van der Waals surface area contributed by atoms with Gasteiger partial charge in [-0.15, -0.1) is 0 Å². The number of anilines is 1. The predicted octanol–water partition coefficient (Wildman–Crippen LogP) is 1.16. The van der Waals surface area contributed by atoms with Gasteiger partial charge in [-0.25, -0.2) is 0 Å². The average molecular weight is 380 g/mol. The van der Waals surface area contributed by atoms with Crippen molar-refractivity contribution < 1.29 is 14.3 Å². The standard InChI is InChI=1S/C19H33N5O3/c1-16(25)23-17-7-5-8-18(15-17)27-14-10-22-19(20-2)21-9-12-24(3)11-6-13-26-4/h5,7-8,15H,6,9-14H2,1-4H3,(H,23,25)(H2,20,21,22). The van der Waals surface area contributed by atoms with Gasteiger partial charge in [0, 0.05) is 59.1 Å². The Morgan fingerprint density at radius 2 is 1.96 bits per heavy atom. The van der Waals surface area contributed by atoms with E-state index in [1.807, 2.05) is 18.2 Å². The molecule has 27 heavy (non-hydrogen) atoms. The minimum atomic E-state index is -0.104. The number of nitrogens with one attached hydrogen (secondary N) is 3. The molecule has 0 bridgehead atoms. The predicted molar refractivity (Wildman–Crippen MR) is 110 cm³/mol. The summed E-state index contributed by atoms with van der Waals surface area (Å²) >= 11 is 0. The van der Waals surface area contributed by atoms with E-state index in [1.165, 1.54) is 6.92 Å². The summed E-state index contributed by atoms with van der Waals surface area (Å²) in [7, 11) is 5.56. The molecule has 0 saturated heterocycles. The number of methoxy groups -OCH3 is 1. The number of nitrogens with zero attached hydrogens (tertiary/aromatic N) is 2. The minimum absolute atomic E-state index is 0.104. The lowest BCUT2D eigenvalue weighted by molar-refractivity contribution is -0.114. The minimum Gasteiger partial charge on any atom is -0.492 e. The Kier molecular flexibility index (Phi) is 11.6. The van der Waals surface area contributed by atoms with Gasteiger partial charge in [-0.2, -0.15) is 0 Å². The van der Waals surface area contributed by atoms with Gasteiger partial charge in [0.25, 0.3) is 0 Å². The maximum absolute atomic E-state index is 11.1. The molecular weight excluding hydrogens is 346 g/mol. The Bertz CT molecular complexity index is 580. The van der Waals surface area contributed by atoms with Crippen molar-refractivity contribution in [2.24, 2.45) is 4.99 Å². The average Bonchev–Trinajstić information content (AvgIpc) is 2.63. The number of amides is 1. The van der Waals surface area contributed by atoms with Crippen molar-refractivity contribution in [3.63, 3.8) is 0 Å². The van der Waals surface area contributed by atoms with Crippen molar-refractivity contribution in [1.82, 2.24) is 15.5 Å². The maximum atomic E-state index is 11.1. The lowest BCUT2D eigenvalue weighted by Gasteiger charge is -2.18. The van der Waals surface area contributed by atoms with E-state index in [2.05, 4.69) is 32.9 Å². The summed E-state index contributed by atoms with van der Waals surface area (Å²) < 4.78 is 10.8. The molecule has 0 unspecified atom stereocenters. The molecule has 0 heterocycles. The Morgan fingerprint density at radius 1 is 1.19 bits per heavy atom. The summed E-state index contributed by atoms with van der Waals surface area (Å²) in [5.74, 6) is 1.35. The van der Waals surface area contributed by atoms with E-state index in [4.69, 9.17) is 9.47 Å². The summed E-state index contributed by atoms with van der Waals surface area (Å²) in [5, 5.41) is 9.24. The quantitative estimate of drug-likeness (QED) is 0.287. The zero-order valence-corrected chi connectivity index (χ0v) is 16.9. The van der Waals surface area contributed by atoms with Crippen molar-refractivity contribution >= 4 is 17.6 Å². The molecule has 1 amide bonds. The van der Waals surface area contributed by atoms with Gasteiger partial charge in [0.1, 0.15) is 12.4 Å². The molecule has 152 valence electrons. The number of benzene rings is 1. The van der Waals surface area contributed by atoms with Gasteiger partial charge in [-0.1, -0.05) is 6.07 Å². The van der Waals surface area contributed by atoms with Gasteiger partial charge in [-0.05, 0) is 25.6 Å². The molecule has 8 nitrogen and oxygen atoms in total.